The lowest BCUT2D eigenvalue weighted by Gasteiger charge is -2.27. The first-order valence-electron chi connectivity index (χ1n) is 7.67. The van der Waals surface area contributed by atoms with Crippen LogP contribution >= 0.6 is 0 Å². The molecule has 0 saturated carbocycles. The molecule has 0 amide bonds. The molecule has 0 bridgehead atoms. The SMILES string of the molecule is CN(c1cccc(C#N)c1)C1CCN(c2ncccc2[N+](=O)[O-])C1. The lowest BCUT2D eigenvalue weighted by molar-refractivity contribution is -0.384. The van der Waals surface area contributed by atoms with E-state index in [2.05, 4.69) is 16.0 Å². The van der Waals surface area contributed by atoms with Crippen LogP contribution in [0, 0.1) is 21.4 Å². The van der Waals surface area contributed by atoms with E-state index in [-0.39, 0.29) is 11.7 Å². The van der Waals surface area contributed by atoms with Gasteiger partial charge in [0.05, 0.1) is 16.6 Å². The number of anilines is 2. The van der Waals surface area contributed by atoms with E-state index in [1.165, 1.54) is 6.07 Å². The third-order valence-electron chi connectivity index (χ3n) is 4.36. The largest absolute Gasteiger partial charge is 0.370 e. The minimum Gasteiger partial charge on any atom is -0.370 e. The Kier molecular flexibility index (Phi) is 4.29. The van der Waals surface area contributed by atoms with Crippen LogP contribution in [0.5, 0.6) is 0 Å². The van der Waals surface area contributed by atoms with Gasteiger partial charge in [-0.25, -0.2) is 4.98 Å². The Balaban J connectivity index is 1.78. The van der Waals surface area contributed by atoms with Gasteiger partial charge in [-0.1, -0.05) is 6.07 Å². The van der Waals surface area contributed by atoms with E-state index in [0.29, 0.717) is 24.5 Å². The first-order valence-corrected chi connectivity index (χ1v) is 7.67. The molecule has 1 aromatic carbocycles. The van der Waals surface area contributed by atoms with Crippen molar-refractivity contribution in [2.45, 2.75) is 12.5 Å². The molecule has 0 spiro atoms. The average Bonchev–Trinajstić information content (AvgIpc) is 3.11. The van der Waals surface area contributed by atoms with Crippen molar-refractivity contribution in [3.05, 3.63) is 58.3 Å². The predicted molar refractivity (Wildman–Crippen MR) is 91.1 cm³/mol. The molecule has 3 rings (SSSR count). The number of rotatable bonds is 4. The number of pyridine rings is 1. The highest BCUT2D eigenvalue weighted by atomic mass is 16.6. The van der Waals surface area contributed by atoms with Gasteiger partial charge in [0.25, 0.3) is 0 Å². The van der Waals surface area contributed by atoms with Gasteiger partial charge in [0.2, 0.25) is 5.82 Å². The Morgan fingerprint density at radius 2 is 2.25 bits per heavy atom. The van der Waals surface area contributed by atoms with Crippen molar-refractivity contribution >= 4 is 17.2 Å². The van der Waals surface area contributed by atoms with Crippen LogP contribution in [-0.2, 0) is 0 Å². The minimum absolute atomic E-state index is 0.0345. The summed E-state index contributed by atoms with van der Waals surface area (Å²) in [5.41, 5.74) is 1.62. The highest BCUT2D eigenvalue weighted by Crippen LogP contribution is 2.30. The summed E-state index contributed by atoms with van der Waals surface area (Å²) in [6.07, 6.45) is 2.46. The first kappa shape index (κ1) is 15.7. The van der Waals surface area contributed by atoms with E-state index in [1.807, 2.05) is 30.1 Å². The van der Waals surface area contributed by atoms with Gasteiger partial charge in [0, 0.05) is 44.1 Å². The molecule has 2 aromatic rings. The molecule has 0 N–H and O–H groups in total. The predicted octanol–water partition coefficient (Wildman–Crippen LogP) is 2.58. The highest BCUT2D eigenvalue weighted by Gasteiger charge is 2.30. The summed E-state index contributed by atoms with van der Waals surface area (Å²) in [6, 6.07) is 12.9. The maximum absolute atomic E-state index is 11.2. The molecule has 122 valence electrons. The van der Waals surface area contributed by atoms with E-state index in [4.69, 9.17) is 5.26 Å². The molecule has 1 atom stereocenters. The number of hydrogen-bond donors (Lipinski definition) is 0. The zero-order chi connectivity index (χ0) is 17.1. The highest BCUT2D eigenvalue weighted by molar-refractivity contribution is 5.59. The summed E-state index contributed by atoms with van der Waals surface area (Å²) in [5.74, 6) is 0.421. The zero-order valence-corrected chi connectivity index (χ0v) is 13.3. The summed E-state index contributed by atoms with van der Waals surface area (Å²) in [7, 11) is 1.98. The zero-order valence-electron chi connectivity index (χ0n) is 13.3. The fraction of sp³-hybridized carbons (Fsp3) is 0.294. The fourth-order valence-electron chi connectivity index (χ4n) is 3.03. The Morgan fingerprint density at radius 1 is 1.42 bits per heavy atom. The number of nitriles is 1. The molecular formula is C17H17N5O2. The number of benzene rings is 1. The molecule has 1 saturated heterocycles. The van der Waals surface area contributed by atoms with Crippen molar-refractivity contribution in [1.29, 1.82) is 5.26 Å². The van der Waals surface area contributed by atoms with Crippen LogP contribution in [0.25, 0.3) is 0 Å². The second-order valence-electron chi connectivity index (χ2n) is 5.76. The number of nitrogens with zero attached hydrogens (tertiary/aromatic N) is 5. The van der Waals surface area contributed by atoms with Gasteiger partial charge in [-0.05, 0) is 30.7 Å². The standard InChI is InChI=1S/C17H17N5O2/c1-20(14-5-2-4-13(10-14)11-18)15-7-9-21(12-15)17-16(22(23)24)6-3-8-19-17/h2-6,8,10,15H,7,9,12H2,1H3. The molecule has 1 unspecified atom stereocenters. The van der Waals surface area contributed by atoms with Crippen LogP contribution in [0.2, 0.25) is 0 Å². The Morgan fingerprint density at radius 3 is 3.00 bits per heavy atom. The van der Waals surface area contributed by atoms with Crippen molar-refractivity contribution in [2.75, 3.05) is 29.9 Å². The van der Waals surface area contributed by atoms with Crippen LogP contribution in [0.4, 0.5) is 17.2 Å². The monoisotopic (exact) mass is 323 g/mol. The van der Waals surface area contributed by atoms with Crippen molar-refractivity contribution < 1.29 is 4.92 Å². The van der Waals surface area contributed by atoms with Crippen LogP contribution in [0.1, 0.15) is 12.0 Å². The van der Waals surface area contributed by atoms with Crippen molar-refractivity contribution in [3.8, 4) is 6.07 Å². The van der Waals surface area contributed by atoms with Crippen LogP contribution in [-0.4, -0.2) is 36.1 Å². The summed E-state index contributed by atoms with van der Waals surface area (Å²) in [5, 5.41) is 20.2. The minimum atomic E-state index is -0.393. The Hall–Kier alpha value is -3.14. The van der Waals surface area contributed by atoms with E-state index >= 15 is 0 Å². The number of hydrogen-bond acceptors (Lipinski definition) is 6. The molecule has 1 aliphatic heterocycles. The molecular weight excluding hydrogens is 306 g/mol. The lowest BCUT2D eigenvalue weighted by Crippen LogP contribution is -2.34. The van der Waals surface area contributed by atoms with Gasteiger partial charge in [-0.15, -0.1) is 0 Å². The van der Waals surface area contributed by atoms with Gasteiger partial charge in [0.15, 0.2) is 0 Å². The summed E-state index contributed by atoms with van der Waals surface area (Å²) >= 11 is 0. The van der Waals surface area contributed by atoms with Crippen LogP contribution < -0.4 is 9.80 Å². The molecule has 2 heterocycles. The number of nitro groups is 1. The van der Waals surface area contributed by atoms with Crippen LogP contribution in [0.15, 0.2) is 42.6 Å². The van der Waals surface area contributed by atoms with Crippen molar-refractivity contribution in [2.24, 2.45) is 0 Å². The summed E-state index contributed by atoms with van der Waals surface area (Å²) < 4.78 is 0. The Bertz CT molecular complexity index is 802. The van der Waals surface area contributed by atoms with E-state index in [9.17, 15) is 10.1 Å². The third-order valence-corrected chi connectivity index (χ3v) is 4.36. The van der Waals surface area contributed by atoms with Crippen LogP contribution in [0.3, 0.4) is 0 Å². The smallest absolute Gasteiger partial charge is 0.311 e. The number of aromatic nitrogens is 1. The first-order chi connectivity index (χ1) is 11.6. The van der Waals surface area contributed by atoms with Gasteiger partial charge >= 0.3 is 5.69 Å². The Labute approximate surface area is 139 Å². The summed E-state index contributed by atoms with van der Waals surface area (Å²) in [6.45, 7) is 1.37. The average molecular weight is 323 g/mol. The molecule has 7 nitrogen and oxygen atoms in total. The lowest BCUT2D eigenvalue weighted by atomic mass is 10.1. The number of likely N-dealkylation sites (N-methyl/N-ethyl adjacent to an activating group) is 1. The second-order valence-corrected chi connectivity index (χ2v) is 5.76. The van der Waals surface area contributed by atoms with Gasteiger partial charge in [-0.3, -0.25) is 10.1 Å². The quantitative estimate of drug-likeness (QED) is 0.635. The molecule has 1 fully saturated rings. The topological polar surface area (TPSA) is 86.3 Å². The normalized spacial score (nSPS) is 16.7. The molecule has 7 heteroatoms. The van der Waals surface area contributed by atoms with Gasteiger partial charge in [0.1, 0.15) is 0 Å². The van der Waals surface area contributed by atoms with Crippen molar-refractivity contribution in [1.82, 2.24) is 4.98 Å². The van der Waals surface area contributed by atoms with E-state index in [0.717, 1.165) is 12.1 Å². The second kappa shape index (κ2) is 6.54. The van der Waals surface area contributed by atoms with Gasteiger partial charge in [-0.2, -0.15) is 5.26 Å². The molecule has 0 radical (unpaired) electrons. The molecule has 0 aliphatic carbocycles. The van der Waals surface area contributed by atoms with Crippen molar-refractivity contribution in [3.63, 3.8) is 0 Å². The molecule has 1 aromatic heterocycles. The third kappa shape index (κ3) is 2.99. The van der Waals surface area contributed by atoms with E-state index in [1.54, 1.807) is 18.3 Å². The maximum Gasteiger partial charge on any atom is 0.311 e. The maximum atomic E-state index is 11.2. The molecule has 1 aliphatic rings. The fourth-order valence-corrected chi connectivity index (χ4v) is 3.03. The molecule has 24 heavy (non-hydrogen) atoms. The van der Waals surface area contributed by atoms with E-state index < -0.39 is 4.92 Å². The van der Waals surface area contributed by atoms with Gasteiger partial charge < -0.3 is 9.80 Å². The summed E-state index contributed by atoms with van der Waals surface area (Å²) in [4.78, 5) is 19.1.